The molecule has 164 valence electrons. The largest absolute Gasteiger partial charge is 0.488 e. The van der Waals surface area contributed by atoms with E-state index in [4.69, 9.17) is 16.3 Å². The zero-order valence-corrected chi connectivity index (χ0v) is 19.1. The second-order valence-corrected chi connectivity index (χ2v) is 8.11. The first-order chi connectivity index (χ1) is 16.0. The molecule has 0 spiro atoms. The summed E-state index contributed by atoms with van der Waals surface area (Å²) in [6, 6.07) is 24.9. The lowest BCUT2D eigenvalue weighted by Crippen LogP contribution is -2.25. The number of nitrogens with zero attached hydrogens (tertiary/aromatic N) is 2. The van der Waals surface area contributed by atoms with Crippen LogP contribution in [0.3, 0.4) is 0 Å². The molecular weight excluding hydrogens is 434 g/mol. The molecule has 4 aromatic rings. The van der Waals surface area contributed by atoms with E-state index >= 15 is 0 Å². The maximum absolute atomic E-state index is 12.9. The van der Waals surface area contributed by atoms with Crippen molar-refractivity contribution in [2.75, 3.05) is 5.43 Å². The highest BCUT2D eigenvalue weighted by Gasteiger charge is 2.15. The van der Waals surface area contributed by atoms with Gasteiger partial charge in [-0.05, 0) is 66.6 Å². The zero-order valence-electron chi connectivity index (χ0n) is 18.3. The summed E-state index contributed by atoms with van der Waals surface area (Å²) in [5.74, 6) is 0.0917. The predicted molar refractivity (Wildman–Crippen MR) is 132 cm³/mol. The number of nitriles is 1. The number of carbonyl (C=O) groups excluding carboxylic acids is 1. The summed E-state index contributed by atoms with van der Waals surface area (Å²) in [5, 5.41) is 12.3. The summed E-state index contributed by atoms with van der Waals surface area (Å²) in [5.41, 5.74) is 6.15. The van der Waals surface area contributed by atoms with Gasteiger partial charge in [0, 0.05) is 22.0 Å². The molecule has 0 saturated heterocycles. The van der Waals surface area contributed by atoms with Crippen molar-refractivity contribution in [3.8, 4) is 11.8 Å². The van der Waals surface area contributed by atoms with Gasteiger partial charge < -0.3 is 4.74 Å². The van der Waals surface area contributed by atoms with Crippen LogP contribution in [-0.4, -0.2) is 10.6 Å². The van der Waals surface area contributed by atoms with Crippen molar-refractivity contribution < 1.29 is 9.53 Å². The van der Waals surface area contributed by atoms with Gasteiger partial charge in [0.25, 0.3) is 5.91 Å². The van der Waals surface area contributed by atoms with Gasteiger partial charge in [-0.1, -0.05) is 54.1 Å². The van der Waals surface area contributed by atoms with E-state index in [1.165, 1.54) is 0 Å². The lowest BCUT2D eigenvalue weighted by Gasteiger charge is -2.14. The van der Waals surface area contributed by atoms with Crippen LogP contribution in [-0.2, 0) is 11.4 Å². The van der Waals surface area contributed by atoms with Crippen molar-refractivity contribution in [3.05, 3.63) is 106 Å². The molecule has 1 amide bonds. The first-order valence-corrected chi connectivity index (χ1v) is 10.8. The van der Waals surface area contributed by atoms with Crippen LogP contribution in [0.4, 0.5) is 0 Å². The van der Waals surface area contributed by atoms with Crippen molar-refractivity contribution in [3.63, 3.8) is 0 Å². The number of carbonyl (C=O) groups is 1. The highest BCUT2D eigenvalue weighted by molar-refractivity contribution is 6.30. The molecule has 0 aliphatic rings. The maximum atomic E-state index is 12.9. The third-order valence-corrected chi connectivity index (χ3v) is 5.63. The number of nitrogens with one attached hydrogen (secondary N) is 1. The van der Waals surface area contributed by atoms with Gasteiger partial charge in [-0.2, -0.15) is 5.26 Å². The number of hydrogen-bond acceptors (Lipinski definition) is 3. The van der Waals surface area contributed by atoms with E-state index in [2.05, 4.69) is 5.43 Å². The first kappa shape index (κ1) is 22.2. The van der Waals surface area contributed by atoms with E-state index in [1.54, 1.807) is 10.8 Å². The summed E-state index contributed by atoms with van der Waals surface area (Å²) in [6.45, 7) is 4.10. The van der Waals surface area contributed by atoms with Crippen molar-refractivity contribution in [2.24, 2.45) is 0 Å². The van der Waals surface area contributed by atoms with Crippen LogP contribution >= 0.6 is 11.6 Å². The number of amides is 1. The number of aryl methyl sites for hydroxylation is 2. The van der Waals surface area contributed by atoms with Gasteiger partial charge in [0.05, 0.1) is 0 Å². The molecule has 0 saturated carbocycles. The summed E-state index contributed by atoms with van der Waals surface area (Å²) in [6.07, 6.45) is 1.59. The topological polar surface area (TPSA) is 67.0 Å². The molecular formula is C27H22ClN3O2. The van der Waals surface area contributed by atoms with Gasteiger partial charge in [-0.15, -0.1) is 0 Å². The SMILES string of the molecule is Cc1ccc(C)n1NC(=O)/C(C#N)=C\c1c(OCc2ccc(Cl)cc2)ccc2ccccc12. The first-order valence-electron chi connectivity index (χ1n) is 10.4. The molecule has 1 aromatic heterocycles. The van der Waals surface area contributed by atoms with Crippen LogP contribution in [0, 0.1) is 25.2 Å². The number of halogens is 1. The Labute approximate surface area is 197 Å². The molecule has 0 aliphatic heterocycles. The average molecular weight is 456 g/mol. The maximum Gasteiger partial charge on any atom is 0.280 e. The van der Waals surface area contributed by atoms with E-state index in [0.29, 0.717) is 22.9 Å². The molecule has 0 unspecified atom stereocenters. The Morgan fingerprint density at radius 1 is 1.03 bits per heavy atom. The molecule has 4 rings (SSSR count). The Kier molecular flexibility index (Phi) is 6.48. The van der Waals surface area contributed by atoms with Gasteiger partial charge in [0.1, 0.15) is 24.0 Å². The van der Waals surface area contributed by atoms with E-state index < -0.39 is 5.91 Å². The lowest BCUT2D eigenvalue weighted by atomic mass is 10.0. The number of hydrogen-bond donors (Lipinski definition) is 1. The van der Waals surface area contributed by atoms with E-state index in [1.807, 2.05) is 92.7 Å². The average Bonchev–Trinajstić information content (AvgIpc) is 3.14. The molecule has 0 radical (unpaired) electrons. The molecule has 0 aliphatic carbocycles. The minimum absolute atomic E-state index is 0.0183. The Morgan fingerprint density at radius 2 is 1.73 bits per heavy atom. The van der Waals surface area contributed by atoms with Gasteiger partial charge in [-0.3, -0.25) is 14.9 Å². The summed E-state index contributed by atoms with van der Waals surface area (Å²) in [7, 11) is 0. The molecule has 33 heavy (non-hydrogen) atoms. The summed E-state index contributed by atoms with van der Waals surface area (Å²) >= 11 is 5.97. The number of fused-ring (bicyclic) bond motifs is 1. The summed E-state index contributed by atoms with van der Waals surface area (Å²) < 4.78 is 7.77. The molecule has 0 bridgehead atoms. The predicted octanol–water partition coefficient (Wildman–Crippen LogP) is 6.17. The lowest BCUT2D eigenvalue weighted by molar-refractivity contribution is -0.113. The Morgan fingerprint density at radius 3 is 2.42 bits per heavy atom. The molecule has 6 heteroatoms. The van der Waals surface area contributed by atoms with Crippen LogP contribution in [0.1, 0.15) is 22.5 Å². The van der Waals surface area contributed by atoms with Crippen LogP contribution < -0.4 is 10.2 Å². The standard InChI is InChI=1S/C27H22ClN3O2/c1-18-7-8-19(2)31(18)30-27(32)22(16-29)15-25-24-6-4-3-5-21(24)11-14-26(25)33-17-20-9-12-23(28)13-10-20/h3-15H,17H2,1-2H3,(H,30,32)/b22-15-. The quantitative estimate of drug-likeness (QED) is 0.279. The van der Waals surface area contributed by atoms with Crippen LogP contribution in [0.15, 0.2) is 78.4 Å². The fourth-order valence-electron chi connectivity index (χ4n) is 3.59. The van der Waals surface area contributed by atoms with Gasteiger partial charge in [-0.25, -0.2) is 0 Å². The second-order valence-electron chi connectivity index (χ2n) is 7.68. The molecule has 1 heterocycles. The number of ether oxygens (including phenoxy) is 1. The third kappa shape index (κ3) is 4.92. The van der Waals surface area contributed by atoms with E-state index in [9.17, 15) is 10.1 Å². The van der Waals surface area contributed by atoms with Crippen LogP contribution in [0.25, 0.3) is 16.8 Å². The monoisotopic (exact) mass is 455 g/mol. The van der Waals surface area contributed by atoms with E-state index in [0.717, 1.165) is 27.7 Å². The summed E-state index contributed by atoms with van der Waals surface area (Å²) in [4.78, 5) is 12.9. The highest BCUT2D eigenvalue weighted by atomic mass is 35.5. The van der Waals surface area contributed by atoms with Gasteiger partial charge >= 0.3 is 0 Å². The molecule has 3 aromatic carbocycles. The minimum Gasteiger partial charge on any atom is -0.488 e. The highest BCUT2D eigenvalue weighted by Crippen LogP contribution is 2.31. The second kappa shape index (κ2) is 9.64. The van der Waals surface area contributed by atoms with Crippen LogP contribution in [0.2, 0.25) is 5.02 Å². The van der Waals surface area contributed by atoms with Crippen LogP contribution in [0.5, 0.6) is 5.75 Å². The number of rotatable bonds is 6. The zero-order chi connectivity index (χ0) is 23.4. The molecule has 5 nitrogen and oxygen atoms in total. The van der Waals surface area contributed by atoms with Crippen molar-refractivity contribution >= 4 is 34.4 Å². The number of benzene rings is 3. The molecule has 0 fully saturated rings. The smallest absolute Gasteiger partial charge is 0.280 e. The van der Waals surface area contributed by atoms with Crippen molar-refractivity contribution in [2.45, 2.75) is 20.5 Å². The minimum atomic E-state index is -0.489. The number of aromatic nitrogens is 1. The van der Waals surface area contributed by atoms with Crippen molar-refractivity contribution in [1.29, 1.82) is 5.26 Å². The van der Waals surface area contributed by atoms with Crippen molar-refractivity contribution in [1.82, 2.24) is 4.68 Å². The van der Waals surface area contributed by atoms with Gasteiger partial charge in [0.15, 0.2) is 0 Å². The van der Waals surface area contributed by atoms with Gasteiger partial charge in [0.2, 0.25) is 0 Å². The fourth-order valence-corrected chi connectivity index (χ4v) is 3.72. The Balaban J connectivity index is 1.71. The Bertz CT molecular complexity index is 1380. The third-order valence-electron chi connectivity index (χ3n) is 5.38. The molecule has 0 atom stereocenters. The van der Waals surface area contributed by atoms with E-state index in [-0.39, 0.29) is 5.57 Å². The normalized spacial score (nSPS) is 11.3. The fraction of sp³-hybridized carbons (Fsp3) is 0.111. The molecule has 1 N–H and O–H groups in total. The Hall–Kier alpha value is -4.01.